The third-order valence-corrected chi connectivity index (χ3v) is 5.40. The number of fused-ring (bicyclic) bond motifs is 1. The Labute approximate surface area is 178 Å². The van der Waals surface area contributed by atoms with Crippen molar-refractivity contribution in [3.8, 4) is 0 Å². The third-order valence-electron chi connectivity index (χ3n) is 4.45. The fraction of sp³-hybridized carbons (Fsp3) is 0.273. The second-order valence-corrected chi connectivity index (χ2v) is 8.08. The summed E-state index contributed by atoms with van der Waals surface area (Å²) in [6.07, 6.45) is 0. The first-order valence-electron chi connectivity index (χ1n) is 9.66. The number of hydrogen-bond acceptors (Lipinski definition) is 5. The number of carbonyl (C=O) groups is 2. The van der Waals surface area contributed by atoms with Gasteiger partial charge in [0.15, 0.2) is 5.16 Å². The number of para-hydroxylation sites is 1. The first-order valence-corrected chi connectivity index (χ1v) is 10.6. The highest BCUT2D eigenvalue weighted by Gasteiger charge is 2.19. The molecule has 3 rings (SSSR count). The second-order valence-electron chi connectivity index (χ2n) is 7.14. The number of amides is 3. The summed E-state index contributed by atoms with van der Waals surface area (Å²) in [5.74, 6) is -0.503. The molecule has 8 heteroatoms. The molecule has 0 aliphatic heterocycles. The second kappa shape index (κ2) is 9.58. The van der Waals surface area contributed by atoms with Gasteiger partial charge in [-0.25, -0.2) is 9.78 Å². The molecule has 1 aromatic heterocycles. The van der Waals surface area contributed by atoms with E-state index in [1.807, 2.05) is 57.2 Å². The van der Waals surface area contributed by atoms with Crippen LogP contribution in [0.25, 0.3) is 10.9 Å². The van der Waals surface area contributed by atoms with Crippen LogP contribution in [-0.2, 0) is 4.79 Å². The summed E-state index contributed by atoms with van der Waals surface area (Å²) < 4.78 is 1.60. The van der Waals surface area contributed by atoms with Gasteiger partial charge in [0.2, 0.25) is 5.91 Å². The van der Waals surface area contributed by atoms with Crippen LogP contribution in [0.4, 0.5) is 4.79 Å². The van der Waals surface area contributed by atoms with Gasteiger partial charge >= 0.3 is 6.03 Å². The van der Waals surface area contributed by atoms with Crippen LogP contribution >= 0.6 is 11.8 Å². The summed E-state index contributed by atoms with van der Waals surface area (Å²) in [5, 5.41) is 5.84. The monoisotopic (exact) mass is 424 g/mol. The van der Waals surface area contributed by atoms with Crippen molar-refractivity contribution in [3.05, 3.63) is 70.5 Å². The molecule has 0 fully saturated rings. The molecular weight excluding hydrogens is 400 g/mol. The van der Waals surface area contributed by atoms with E-state index >= 15 is 0 Å². The van der Waals surface area contributed by atoms with Crippen molar-refractivity contribution in [2.75, 3.05) is 5.75 Å². The number of imide groups is 1. The average molecular weight is 425 g/mol. The lowest BCUT2D eigenvalue weighted by atomic mass is 10.1. The number of urea groups is 1. The Hall–Kier alpha value is -3.13. The number of nitrogens with zero attached hydrogens (tertiary/aromatic N) is 2. The van der Waals surface area contributed by atoms with E-state index < -0.39 is 11.9 Å². The predicted molar refractivity (Wildman–Crippen MR) is 119 cm³/mol. The highest BCUT2D eigenvalue weighted by atomic mass is 32.2. The zero-order valence-corrected chi connectivity index (χ0v) is 17.9. The first kappa shape index (κ1) is 21.6. The molecule has 0 spiro atoms. The third kappa shape index (κ3) is 5.07. The summed E-state index contributed by atoms with van der Waals surface area (Å²) in [7, 11) is 0. The minimum atomic E-state index is -0.544. The number of hydrogen-bond donors (Lipinski definition) is 2. The lowest BCUT2D eigenvalue weighted by Gasteiger charge is -2.20. The van der Waals surface area contributed by atoms with E-state index in [-0.39, 0.29) is 23.4 Å². The van der Waals surface area contributed by atoms with Gasteiger partial charge in [-0.3, -0.25) is 19.5 Å². The van der Waals surface area contributed by atoms with Gasteiger partial charge in [0, 0.05) is 6.04 Å². The molecule has 0 saturated carbocycles. The molecule has 0 aliphatic carbocycles. The van der Waals surface area contributed by atoms with Crippen LogP contribution in [0.15, 0.2) is 64.5 Å². The molecule has 7 nitrogen and oxygen atoms in total. The van der Waals surface area contributed by atoms with Gasteiger partial charge in [0.05, 0.1) is 22.7 Å². The van der Waals surface area contributed by atoms with E-state index in [9.17, 15) is 14.4 Å². The molecule has 2 aromatic carbocycles. The molecule has 3 aromatic rings. The molecule has 2 N–H and O–H groups in total. The number of thioether (sulfide) groups is 1. The molecule has 0 aliphatic rings. The highest BCUT2D eigenvalue weighted by Crippen LogP contribution is 2.24. The van der Waals surface area contributed by atoms with Gasteiger partial charge < -0.3 is 5.32 Å². The average Bonchev–Trinajstić information content (AvgIpc) is 2.72. The molecule has 30 heavy (non-hydrogen) atoms. The molecular formula is C22H24N4O3S. The summed E-state index contributed by atoms with van der Waals surface area (Å²) in [5.41, 5.74) is 1.36. The van der Waals surface area contributed by atoms with Gasteiger partial charge in [-0.05, 0) is 38.5 Å². The Morgan fingerprint density at radius 1 is 1.03 bits per heavy atom. The lowest BCUT2D eigenvalue weighted by Crippen LogP contribution is -2.43. The topological polar surface area (TPSA) is 93.1 Å². The van der Waals surface area contributed by atoms with Crippen LogP contribution in [0.5, 0.6) is 0 Å². The molecule has 1 unspecified atom stereocenters. The van der Waals surface area contributed by atoms with Crippen molar-refractivity contribution in [2.24, 2.45) is 0 Å². The fourth-order valence-electron chi connectivity index (χ4n) is 3.04. The van der Waals surface area contributed by atoms with E-state index in [1.54, 1.807) is 22.8 Å². The molecule has 0 bridgehead atoms. The van der Waals surface area contributed by atoms with Gasteiger partial charge in [-0.2, -0.15) is 0 Å². The molecule has 0 saturated heterocycles. The molecule has 0 radical (unpaired) electrons. The molecule has 1 heterocycles. The molecule has 1 atom stereocenters. The standard InChI is InChI=1S/C22H24N4O3S/c1-14(2)23-21(29)25-19(27)13-30-22-24-18-12-8-7-11-17(18)20(28)26(22)15(3)16-9-5-4-6-10-16/h4-12,14-15H,13H2,1-3H3,(H2,23,25,27,29). The van der Waals surface area contributed by atoms with Crippen LogP contribution < -0.4 is 16.2 Å². The van der Waals surface area contributed by atoms with Crippen LogP contribution in [0.2, 0.25) is 0 Å². The first-order chi connectivity index (χ1) is 14.4. The van der Waals surface area contributed by atoms with Gasteiger partial charge in [0.1, 0.15) is 0 Å². The minimum Gasteiger partial charge on any atom is -0.336 e. The van der Waals surface area contributed by atoms with Crippen molar-refractivity contribution < 1.29 is 9.59 Å². The number of nitrogens with one attached hydrogen (secondary N) is 2. The fourth-order valence-corrected chi connectivity index (χ4v) is 3.92. The maximum atomic E-state index is 13.3. The summed E-state index contributed by atoms with van der Waals surface area (Å²) in [6.45, 7) is 5.54. The van der Waals surface area contributed by atoms with Crippen molar-refractivity contribution in [2.45, 2.75) is 38.0 Å². The van der Waals surface area contributed by atoms with Gasteiger partial charge in [0.25, 0.3) is 5.56 Å². The van der Waals surface area contributed by atoms with Crippen LogP contribution in [0, 0.1) is 0 Å². The summed E-state index contributed by atoms with van der Waals surface area (Å²) >= 11 is 1.13. The molecule has 3 amide bonds. The van der Waals surface area contributed by atoms with E-state index in [0.29, 0.717) is 16.1 Å². The number of aromatic nitrogens is 2. The summed E-state index contributed by atoms with van der Waals surface area (Å²) in [4.78, 5) is 41.8. The van der Waals surface area contributed by atoms with Crippen molar-refractivity contribution in [1.29, 1.82) is 0 Å². The maximum absolute atomic E-state index is 13.3. The van der Waals surface area contributed by atoms with E-state index in [2.05, 4.69) is 15.6 Å². The Balaban J connectivity index is 1.92. The van der Waals surface area contributed by atoms with Crippen LogP contribution in [0.3, 0.4) is 0 Å². The maximum Gasteiger partial charge on any atom is 0.321 e. The van der Waals surface area contributed by atoms with Crippen LogP contribution in [0.1, 0.15) is 32.4 Å². The molecule has 156 valence electrons. The lowest BCUT2D eigenvalue weighted by molar-refractivity contribution is -0.117. The number of rotatable bonds is 6. The quantitative estimate of drug-likeness (QED) is 0.468. The Morgan fingerprint density at radius 3 is 2.40 bits per heavy atom. The van der Waals surface area contributed by atoms with Crippen molar-refractivity contribution in [1.82, 2.24) is 20.2 Å². The SMILES string of the molecule is CC(C)NC(=O)NC(=O)CSc1nc2ccccc2c(=O)n1C(C)c1ccccc1. The summed E-state index contributed by atoms with van der Waals surface area (Å²) in [6, 6.07) is 15.9. The Morgan fingerprint density at radius 2 is 1.70 bits per heavy atom. The minimum absolute atomic E-state index is 0.0438. The zero-order chi connectivity index (χ0) is 21.7. The number of carbonyl (C=O) groups excluding carboxylic acids is 2. The van der Waals surface area contributed by atoms with Gasteiger partial charge in [-0.1, -0.05) is 54.2 Å². The van der Waals surface area contributed by atoms with E-state index in [0.717, 1.165) is 17.3 Å². The van der Waals surface area contributed by atoms with Crippen molar-refractivity contribution in [3.63, 3.8) is 0 Å². The zero-order valence-electron chi connectivity index (χ0n) is 17.1. The highest BCUT2D eigenvalue weighted by molar-refractivity contribution is 7.99. The van der Waals surface area contributed by atoms with Crippen molar-refractivity contribution >= 4 is 34.6 Å². The largest absolute Gasteiger partial charge is 0.336 e. The van der Waals surface area contributed by atoms with Gasteiger partial charge in [-0.15, -0.1) is 0 Å². The number of benzene rings is 2. The van der Waals surface area contributed by atoms with Crippen LogP contribution in [-0.4, -0.2) is 33.3 Å². The Bertz CT molecular complexity index is 1110. The smallest absolute Gasteiger partial charge is 0.321 e. The predicted octanol–water partition coefficient (Wildman–Crippen LogP) is 3.33. The van der Waals surface area contributed by atoms with E-state index in [1.165, 1.54) is 0 Å². The van der Waals surface area contributed by atoms with E-state index in [4.69, 9.17) is 0 Å². The normalized spacial score (nSPS) is 12.0. The Kier molecular flexibility index (Phi) is 6.89.